The van der Waals surface area contributed by atoms with Crippen LogP contribution in [0.15, 0.2) is 24.3 Å². The van der Waals surface area contributed by atoms with Gasteiger partial charge in [0, 0.05) is 25.1 Å². The Morgan fingerprint density at radius 1 is 1.22 bits per heavy atom. The van der Waals surface area contributed by atoms with Crippen molar-refractivity contribution in [1.82, 2.24) is 4.90 Å². The Labute approximate surface area is 137 Å². The van der Waals surface area contributed by atoms with Gasteiger partial charge in [0.1, 0.15) is 5.60 Å². The standard InChI is InChI=1S/C19H23NO3/c1-19(2,3)23-18(22)20-10-4-5-15(12-20)14-7-6-13-8-9-17(21)16(13)11-14/h5-7,11H,4,8-10,12H2,1-3H3. The van der Waals surface area contributed by atoms with Crippen LogP contribution in [0.4, 0.5) is 4.79 Å². The van der Waals surface area contributed by atoms with Crippen LogP contribution < -0.4 is 0 Å². The summed E-state index contributed by atoms with van der Waals surface area (Å²) < 4.78 is 5.46. The third-order valence-corrected chi connectivity index (χ3v) is 4.21. The number of hydrogen-bond donors (Lipinski definition) is 0. The number of fused-ring (bicyclic) bond motifs is 1. The van der Waals surface area contributed by atoms with Gasteiger partial charge in [-0.05, 0) is 56.4 Å². The Kier molecular flexibility index (Phi) is 4.00. The molecular formula is C19H23NO3. The number of ketones is 1. The molecule has 122 valence electrons. The normalized spacial score (nSPS) is 17.8. The lowest BCUT2D eigenvalue weighted by Gasteiger charge is -2.30. The van der Waals surface area contributed by atoms with Gasteiger partial charge in [-0.2, -0.15) is 0 Å². The van der Waals surface area contributed by atoms with Gasteiger partial charge in [0.15, 0.2) is 5.78 Å². The van der Waals surface area contributed by atoms with Gasteiger partial charge >= 0.3 is 6.09 Å². The zero-order chi connectivity index (χ0) is 16.6. The third kappa shape index (κ3) is 3.46. The number of rotatable bonds is 1. The van der Waals surface area contributed by atoms with Crippen LogP contribution in [0.3, 0.4) is 0 Å². The smallest absolute Gasteiger partial charge is 0.410 e. The van der Waals surface area contributed by atoms with Crippen LogP contribution in [0.5, 0.6) is 0 Å². The molecule has 0 atom stereocenters. The summed E-state index contributed by atoms with van der Waals surface area (Å²) in [4.78, 5) is 25.9. The number of amides is 1. The highest BCUT2D eigenvalue weighted by molar-refractivity contribution is 6.01. The SMILES string of the molecule is CC(C)(C)OC(=O)N1CCC=C(c2ccc3c(c2)C(=O)CC3)C1. The van der Waals surface area contributed by atoms with Crippen LogP contribution in [-0.2, 0) is 11.2 Å². The Morgan fingerprint density at radius 2 is 2.00 bits per heavy atom. The first-order chi connectivity index (χ1) is 10.8. The summed E-state index contributed by atoms with van der Waals surface area (Å²) in [6, 6.07) is 6.08. The molecule has 1 aliphatic carbocycles. The minimum atomic E-state index is -0.488. The quantitative estimate of drug-likeness (QED) is 0.791. The number of Topliss-reactive ketones (excluding diaryl/α,β-unsaturated/α-hetero) is 1. The van der Waals surface area contributed by atoms with Gasteiger partial charge in [-0.15, -0.1) is 0 Å². The molecule has 0 aromatic heterocycles. The second-order valence-electron chi connectivity index (χ2n) is 7.22. The van der Waals surface area contributed by atoms with Crippen molar-refractivity contribution in [2.45, 2.75) is 45.6 Å². The van der Waals surface area contributed by atoms with E-state index in [-0.39, 0.29) is 11.9 Å². The molecule has 0 unspecified atom stereocenters. The van der Waals surface area contributed by atoms with Crippen LogP contribution in [0.25, 0.3) is 5.57 Å². The summed E-state index contributed by atoms with van der Waals surface area (Å²) >= 11 is 0. The molecule has 23 heavy (non-hydrogen) atoms. The average Bonchev–Trinajstić information content (AvgIpc) is 2.87. The Bertz CT molecular complexity index is 682. The minimum absolute atomic E-state index is 0.224. The van der Waals surface area contributed by atoms with E-state index in [0.717, 1.165) is 35.1 Å². The third-order valence-electron chi connectivity index (χ3n) is 4.21. The highest BCUT2D eigenvalue weighted by atomic mass is 16.6. The van der Waals surface area contributed by atoms with Crippen molar-refractivity contribution in [2.24, 2.45) is 0 Å². The topological polar surface area (TPSA) is 46.6 Å². The zero-order valence-corrected chi connectivity index (χ0v) is 14.0. The molecule has 1 heterocycles. The van der Waals surface area contributed by atoms with Crippen molar-refractivity contribution in [3.8, 4) is 0 Å². The Morgan fingerprint density at radius 3 is 2.74 bits per heavy atom. The van der Waals surface area contributed by atoms with Gasteiger partial charge < -0.3 is 9.64 Å². The molecular weight excluding hydrogens is 290 g/mol. The molecule has 4 heteroatoms. The summed E-state index contributed by atoms with van der Waals surface area (Å²) in [6.45, 7) is 6.82. The number of aryl methyl sites for hydroxylation is 1. The van der Waals surface area contributed by atoms with Crippen LogP contribution in [-0.4, -0.2) is 35.5 Å². The van der Waals surface area contributed by atoms with Crippen molar-refractivity contribution in [3.05, 3.63) is 41.0 Å². The van der Waals surface area contributed by atoms with Crippen LogP contribution in [0.1, 0.15) is 55.1 Å². The molecule has 0 spiro atoms. The molecule has 0 saturated heterocycles. The van der Waals surface area contributed by atoms with E-state index in [0.29, 0.717) is 19.5 Å². The van der Waals surface area contributed by atoms with Gasteiger partial charge in [-0.25, -0.2) is 4.79 Å². The van der Waals surface area contributed by atoms with Gasteiger partial charge in [-0.1, -0.05) is 18.2 Å². The van der Waals surface area contributed by atoms with Crippen LogP contribution >= 0.6 is 0 Å². The van der Waals surface area contributed by atoms with Crippen molar-refractivity contribution >= 4 is 17.4 Å². The fourth-order valence-corrected chi connectivity index (χ4v) is 3.07. The monoisotopic (exact) mass is 313 g/mol. The predicted molar refractivity (Wildman–Crippen MR) is 89.5 cm³/mol. The van der Waals surface area contributed by atoms with E-state index >= 15 is 0 Å². The fourth-order valence-electron chi connectivity index (χ4n) is 3.07. The maximum absolute atomic E-state index is 12.3. The van der Waals surface area contributed by atoms with E-state index in [1.807, 2.05) is 32.9 Å². The van der Waals surface area contributed by atoms with Crippen molar-refractivity contribution in [1.29, 1.82) is 0 Å². The van der Waals surface area contributed by atoms with Gasteiger partial charge in [0.2, 0.25) is 0 Å². The summed E-state index contributed by atoms with van der Waals surface area (Å²) in [7, 11) is 0. The van der Waals surface area contributed by atoms with E-state index < -0.39 is 5.60 Å². The lowest BCUT2D eigenvalue weighted by Crippen LogP contribution is -2.39. The van der Waals surface area contributed by atoms with Crippen molar-refractivity contribution in [2.75, 3.05) is 13.1 Å². The number of carbonyl (C=O) groups is 2. The van der Waals surface area contributed by atoms with Crippen molar-refractivity contribution in [3.63, 3.8) is 0 Å². The maximum Gasteiger partial charge on any atom is 0.410 e. The summed E-state index contributed by atoms with van der Waals surface area (Å²) in [6.07, 6.45) is 4.14. The second kappa shape index (κ2) is 5.84. The van der Waals surface area contributed by atoms with E-state index in [4.69, 9.17) is 4.74 Å². The molecule has 1 amide bonds. The lowest BCUT2D eigenvalue weighted by molar-refractivity contribution is 0.0273. The molecule has 0 N–H and O–H groups in total. The van der Waals surface area contributed by atoms with Gasteiger partial charge in [0.05, 0.1) is 0 Å². The first-order valence-electron chi connectivity index (χ1n) is 8.17. The highest BCUT2D eigenvalue weighted by Gasteiger charge is 2.26. The number of carbonyl (C=O) groups excluding carboxylic acids is 2. The van der Waals surface area contributed by atoms with Crippen molar-refractivity contribution < 1.29 is 14.3 Å². The molecule has 1 aliphatic heterocycles. The van der Waals surface area contributed by atoms with E-state index in [1.54, 1.807) is 4.90 Å². The zero-order valence-electron chi connectivity index (χ0n) is 14.0. The molecule has 0 bridgehead atoms. The molecule has 1 aromatic rings. The average molecular weight is 313 g/mol. The molecule has 0 fully saturated rings. The predicted octanol–water partition coefficient (Wildman–Crippen LogP) is 3.84. The molecule has 0 saturated carbocycles. The summed E-state index contributed by atoms with van der Waals surface area (Å²) in [5.74, 6) is 0.224. The molecule has 1 aromatic carbocycles. The molecule has 2 aliphatic rings. The molecule has 0 radical (unpaired) electrons. The van der Waals surface area contributed by atoms with Gasteiger partial charge in [-0.3, -0.25) is 4.79 Å². The number of ether oxygens (including phenoxy) is 1. The number of benzene rings is 1. The molecule has 3 rings (SSSR count). The Hall–Kier alpha value is -2.10. The second-order valence-corrected chi connectivity index (χ2v) is 7.22. The molecule has 4 nitrogen and oxygen atoms in total. The maximum atomic E-state index is 12.3. The van der Waals surface area contributed by atoms with Crippen LogP contribution in [0, 0.1) is 0 Å². The van der Waals surface area contributed by atoms with Crippen LogP contribution in [0.2, 0.25) is 0 Å². The van der Waals surface area contributed by atoms with E-state index in [1.165, 1.54) is 0 Å². The Balaban J connectivity index is 1.77. The summed E-state index contributed by atoms with van der Waals surface area (Å²) in [5.41, 5.74) is 3.62. The largest absolute Gasteiger partial charge is 0.444 e. The first kappa shape index (κ1) is 15.8. The van der Waals surface area contributed by atoms with E-state index in [2.05, 4.69) is 12.1 Å². The van der Waals surface area contributed by atoms with E-state index in [9.17, 15) is 9.59 Å². The number of nitrogens with zero attached hydrogens (tertiary/aromatic N) is 1. The first-order valence-corrected chi connectivity index (χ1v) is 8.17. The fraction of sp³-hybridized carbons (Fsp3) is 0.474. The number of hydrogen-bond acceptors (Lipinski definition) is 3. The minimum Gasteiger partial charge on any atom is -0.444 e. The lowest BCUT2D eigenvalue weighted by atomic mass is 9.97. The summed E-state index contributed by atoms with van der Waals surface area (Å²) in [5, 5.41) is 0. The van der Waals surface area contributed by atoms with Gasteiger partial charge in [0.25, 0.3) is 0 Å². The highest BCUT2D eigenvalue weighted by Crippen LogP contribution is 2.28.